The minimum Gasteiger partial charge on any atom is -0.353 e. The van der Waals surface area contributed by atoms with E-state index in [0.29, 0.717) is 12.1 Å². The van der Waals surface area contributed by atoms with Crippen molar-refractivity contribution in [3.63, 3.8) is 0 Å². The number of aryl methyl sites for hydroxylation is 1. The molecule has 1 N–H and O–H groups in total. The van der Waals surface area contributed by atoms with Crippen molar-refractivity contribution in [2.24, 2.45) is 0 Å². The van der Waals surface area contributed by atoms with Crippen LogP contribution in [0.5, 0.6) is 0 Å². The summed E-state index contributed by atoms with van der Waals surface area (Å²) in [6.07, 6.45) is 17.3. The second kappa shape index (κ2) is 6.64. The maximum atomic E-state index is 4.76. The monoisotopic (exact) mass is 275 g/mol. The van der Waals surface area contributed by atoms with E-state index in [1.807, 2.05) is 0 Å². The van der Waals surface area contributed by atoms with E-state index in [9.17, 15) is 0 Å². The number of nitrogens with zero attached hydrogens (tertiary/aromatic N) is 2. The maximum Gasteiger partial charge on any atom is 0.203 e. The van der Waals surface area contributed by atoms with Crippen molar-refractivity contribution in [2.75, 3.05) is 5.32 Å². The summed E-state index contributed by atoms with van der Waals surface area (Å²) in [5.41, 5.74) is 1.16. The van der Waals surface area contributed by atoms with E-state index in [2.05, 4.69) is 23.0 Å². The number of hydrogen-bond donors (Lipinski definition) is 1. The molecule has 2 aliphatic rings. The molecule has 0 bridgehead atoms. The Hall–Kier alpha value is -0.990. The summed E-state index contributed by atoms with van der Waals surface area (Å²) >= 11 is 0. The van der Waals surface area contributed by atoms with Crippen LogP contribution in [0.15, 0.2) is 6.20 Å². The van der Waals surface area contributed by atoms with Crippen LogP contribution in [0.2, 0.25) is 0 Å². The molecule has 0 atom stereocenters. The van der Waals surface area contributed by atoms with Crippen molar-refractivity contribution in [3.05, 3.63) is 11.9 Å². The zero-order chi connectivity index (χ0) is 13.8. The fourth-order valence-electron chi connectivity index (χ4n) is 3.87. The van der Waals surface area contributed by atoms with E-state index >= 15 is 0 Å². The van der Waals surface area contributed by atoms with Crippen LogP contribution in [0, 0.1) is 6.92 Å². The van der Waals surface area contributed by atoms with Gasteiger partial charge in [0.2, 0.25) is 5.95 Å². The fraction of sp³-hybridized carbons (Fsp3) is 0.824. The highest BCUT2D eigenvalue weighted by molar-refractivity contribution is 5.31. The molecule has 0 spiro atoms. The second-order valence-corrected chi connectivity index (χ2v) is 6.74. The third kappa shape index (κ3) is 3.36. The van der Waals surface area contributed by atoms with Gasteiger partial charge in [0.1, 0.15) is 0 Å². The standard InChI is InChI=1S/C17H29N3/c1-14-13-20(16-11-5-3-2-4-6-12-16)17(18-14)19-15-9-7-8-10-15/h13,15-16H,2-12H2,1H3,(H,18,19). The van der Waals surface area contributed by atoms with Crippen molar-refractivity contribution < 1.29 is 0 Å². The second-order valence-electron chi connectivity index (χ2n) is 6.74. The molecule has 1 heterocycles. The predicted octanol–water partition coefficient (Wildman–Crippen LogP) is 4.83. The summed E-state index contributed by atoms with van der Waals surface area (Å²) in [7, 11) is 0. The van der Waals surface area contributed by atoms with Crippen LogP contribution in [0.4, 0.5) is 5.95 Å². The molecule has 1 aromatic rings. The first-order valence-electron chi connectivity index (χ1n) is 8.65. The first-order chi connectivity index (χ1) is 9.83. The minimum atomic E-state index is 0.657. The van der Waals surface area contributed by atoms with E-state index in [0.717, 1.165) is 11.6 Å². The van der Waals surface area contributed by atoms with Crippen molar-refractivity contribution >= 4 is 5.95 Å². The van der Waals surface area contributed by atoms with Crippen LogP contribution in [0.25, 0.3) is 0 Å². The number of hydrogen-bond acceptors (Lipinski definition) is 2. The molecule has 1 aromatic heterocycles. The third-order valence-corrected chi connectivity index (χ3v) is 5.01. The predicted molar refractivity (Wildman–Crippen MR) is 84.2 cm³/mol. The minimum absolute atomic E-state index is 0.657. The van der Waals surface area contributed by atoms with Gasteiger partial charge in [-0.2, -0.15) is 0 Å². The van der Waals surface area contributed by atoms with Gasteiger partial charge in [-0.1, -0.05) is 44.9 Å². The SMILES string of the molecule is Cc1cn(C2CCCCCCC2)c(NC2CCCC2)n1. The third-order valence-electron chi connectivity index (χ3n) is 5.01. The molecular formula is C17H29N3. The van der Waals surface area contributed by atoms with E-state index in [4.69, 9.17) is 4.98 Å². The largest absolute Gasteiger partial charge is 0.353 e. The summed E-state index contributed by atoms with van der Waals surface area (Å²) in [4.78, 5) is 4.76. The fourth-order valence-corrected chi connectivity index (χ4v) is 3.87. The molecule has 2 aliphatic carbocycles. The molecular weight excluding hydrogens is 246 g/mol. The van der Waals surface area contributed by atoms with Gasteiger partial charge in [0.25, 0.3) is 0 Å². The molecule has 0 amide bonds. The molecule has 112 valence electrons. The lowest BCUT2D eigenvalue weighted by Crippen LogP contribution is -2.20. The molecule has 0 unspecified atom stereocenters. The molecule has 2 saturated carbocycles. The van der Waals surface area contributed by atoms with Gasteiger partial charge >= 0.3 is 0 Å². The molecule has 0 aliphatic heterocycles. The van der Waals surface area contributed by atoms with Crippen LogP contribution in [0.3, 0.4) is 0 Å². The maximum absolute atomic E-state index is 4.76. The van der Waals surface area contributed by atoms with Gasteiger partial charge in [-0.3, -0.25) is 0 Å². The molecule has 2 fully saturated rings. The quantitative estimate of drug-likeness (QED) is 0.856. The summed E-state index contributed by atoms with van der Waals surface area (Å²) in [5.74, 6) is 1.14. The van der Waals surface area contributed by atoms with E-state index in [-0.39, 0.29) is 0 Å². The van der Waals surface area contributed by atoms with Crippen LogP contribution in [-0.2, 0) is 0 Å². The molecule has 3 rings (SSSR count). The lowest BCUT2D eigenvalue weighted by Gasteiger charge is -2.24. The van der Waals surface area contributed by atoms with Gasteiger partial charge in [-0.15, -0.1) is 0 Å². The van der Waals surface area contributed by atoms with E-state index < -0.39 is 0 Å². The summed E-state index contributed by atoms with van der Waals surface area (Å²) in [6, 6.07) is 1.32. The molecule has 3 nitrogen and oxygen atoms in total. The lowest BCUT2D eigenvalue weighted by atomic mass is 9.96. The highest BCUT2D eigenvalue weighted by Gasteiger charge is 2.21. The first-order valence-corrected chi connectivity index (χ1v) is 8.65. The number of anilines is 1. The van der Waals surface area contributed by atoms with Crippen LogP contribution in [0.1, 0.15) is 82.4 Å². The number of rotatable bonds is 3. The summed E-state index contributed by atoms with van der Waals surface area (Å²) in [6.45, 7) is 2.12. The highest BCUT2D eigenvalue weighted by Crippen LogP contribution is 2.30. The van der Waals surface area contributed by atoms with Crippen LogP contribution >= 0.6 is 0 Å². The van der Waals surface area contributed by atoms with Gasteiger partial charge in [0.15, 0.2) is 0 Å². The normalized spacial score (nSPS) is 22.6. The Balaban J connectivity index is 1.72. The van der Waals surface area contributed by atoms with Crippen molar-refractivity contribution in [3.8, 4) is 0 Å². The zero-order valence-corrected chi connectivity index (χ0v) is 12.9. The van der Waals surface area contributed by atoms with E-state index in [1.54, 1.807) is 0 Å². The Morgan fingerprint density at radius 1 is 0.950 bits per heavy atom. The van der Waals surface area contributed by atoms with E-state index in [1.165, 1.54) is 70.6 Å². The topological polar surface area (TPSA) is 29.9 Å². The molecule has 0 saturated heterocycles. The van der Waals surface area contributed by atoms with Gasteiger partial charge in [-0.25, -0.2) is 4.98 Å². The number of imidazole rings is 1. The highest BCUT2D eigenvalue weighted by atomic mass is 15.2. The van der Waals surface area contributed by atoms with Gasteiger partial charge in [0.05, 0.1) is 5.69 Å². The summed E-state index contributed by atoms with van der Waals surface area (Å²) < 4.78 is 2.46. The average Bonchev–Trinajstić information content (AvgIpc) is 3.00. The lowest BCUT2D eigenvalue weighted by molar-refractivity contribution is 0.373. The first kappa shape index (κ1) is 14.0. The number of aromatic nitrogens is 2. The molecule has 0 aromatic carbocycles. The Bertz CT molecular complexity index is 410. The van der Waals surface area contributed by atoms with Crippen molar-refractivity contribution in [1.29, 1.82) is 0 Å². The Labute approximate surface area is 123 Å². The van der Waals surface area contributed by atoms with Crippen LogP contribution in [-0.4, -0.2) is 15.6 Å². The van der Waals surface area contributed by atoms with Gasteiger partial charge < -0.3 is 9.88 Å². The molecule has 20 heavy (non-hydrogen) atoms. The van der Waals surface area contributed by atoms with Crippen molar-refractivity contribution in [1.82, 2.24) is 9.55 Å². The molecule has 0 radical (unpaired) electrons. The summed E-state index contributed by atoms with van der Waals surface area (Å²) in [5, 5.41) is 3.72. The zero-order valence-electron chi connectivity index (χ0n) is 12.9. The Kier molecular flexibility index (Phi) is 4.64. The average molecular weight is 275 g/mol. The Morgan fingerprint density at radius 3 is 2.25 bits per heavy atom. The van der Waals surface area contributed by atoms with Crippen LogP contribution < -0.4 is 5.32 Å². The van der Waals surface area contributed by atoms with Gasteiger partial charge in [0, 0.05) is 18.3 Å². The smallest absolute Gasteiger partial charge is 0.203 e. The van der Waals surface area contributed by atoms with Crippen molar-refractivity contribution in [2.45, 2.75) is 89.6 Å². The number of nitrogens with one attached hydrogen (secondary N) is 1. The van der Waals surface area contributed by atoms with Gasteiger partial charge in [-0.05, 0) is 32.6 Å². The molecule has 3 heteroatoms. The Morgan fingerprint density at radius 2 is 1.55 bits per heavy atom.